The highest BCUT2D eigenvalue weighted by Crippen LogP contribution is 2.50. The highest BCUT2D eigenvalue weighted by molar-refractivity contribution is 7.53. The summed E-state index contributed by atoms with van der Waals surface area (Å²) in [6.45, 7) is 8.72. The molecule has 0 heterocycles. The Morgan fingerprint density at radius 2 is 1.61 bits per heavy atom. The SMILES string of the molecule is COCOCC(CCOCc1ccccc1)OCP(=O)(OC(C)C)OC(C)C. The molecule has 1 rings (SSSR count). The van der Waals surface area contributed by atoms with Crippen LogP contribution in [0, 0.1) is 0 Å². The van der Waals surface area contributed by atoms with Crippen LogP contribution >= 0.6 is 7.60 Å². The summed E-state index contributed by atoms with van der Waals surface area (Å²) in [5.74, 6) is 0. The van der Waals surface area contributed by atoms with Gasteiger partial charge in [0.2, 0.25) is 0 Å². The Balaban J connectivity index is 2.52. The van der Waals surface area contributed by atoms with E-state index in [0.29, 0.717) is 26.2 Å². The van der Waals surface area contributed by atoms with Crippen LogP contribution in [0.15, 0.2) is 30.3 Å². The predicted molar refractivity (Wildman–Crippen MR) is 108 cm³/mol. The van der Waals surface area contributed by atoms with Crippen LogP contribution in [0.3, 0.4) is 0 Å². The Kier molecular flexibility index (Phi) is 12.8. The molecule has 0 saturated heterocycles. The second kappa shape index (κ2) is 14.2. The van der Waals surface area contributed by atoms with E-state index >= 15 is 0 Å². The molecule has 0 bridgehead atoms. The Bertz CT molecular complexity index is 537. The van der Waals surface area contributed by atoms with Gasteiger partial charge in [0.25, 0.3) is 0 Å². The Morgan fingerprint density at radius 1 is 0.964 bits per heavy atom. The fraction of sp³-hybridized carbons (Fsp3) is 0.700. The number of methoxy groups -OCH3 is 1. The molecule has 0 aliphatic heterocycles. The monoisotopic (exact) mass is 418 g/mol. The van der Waals surface area contributed by atoms with Crippen molar-refractivity contribution in [3.63, 3.8) is 0 Å². The lowest BCUT2D eigenvalue weighted by atomic mass is 10.2. The highest BCUT2D eigenvalue weighted by Gasteiger charge is 2.29. The molecule has 0 aliphatic rings. The molecule has 0 amide bonds. The second-order valence-electron chi connectivity index (χ2n) is 6.94. The molecular weight excluding hydrogens is 383 g/mol. The smallest absolute Gasteiger partial charge is 0.356 e. The first kappa shape index (κ1) is 25.2. The van der Waals surface area contributed by atoms with Crippen LogP contribution in [0.1, 0.15) is 39.7 Å². The van der Waals surface area contributed by atoms with E-state index < -0.39 is 7.60 Å². The maximum Gasteiger partial charge on any atom is 0.356 e. The van der Waals surface area contributed by atoms with Crippen molar-refractivity contribution in [3.8, 4) is 0 Å². The molecule has 0 fully saturated rings. The third-order valence-electron chi connectivity index (χ3n) is 3.41. The molecule has 0 spiro atoms. The first-order chi connectivity index (χ1) is 13.3. The van der Waals surface area contributed by atoms with E-state index in [-0.39, 0.29) is 31.5 Å². The third kappa shape index (κ3) is 11.9. The summed E-state index contributed by atoms with van der Waals surface area (Å²) in [6, 6.07) is 9.95. The Hall–Kier alpha value is -0.790. The normalized spacial score (nSPS) is 13.4. The molecule has 1 aromatic carbocycles. The van der Waals surface area contributed by atoms with Gasteiger partial charge in [-0.1, -0.05) is 30.3 Å². The van der Waals surface area contributed by atoms with Crippen molar-refractivity contribution in [1.29, 1.82) is 0 Å². The lowest BCUT2D eigenvalue weighted by Gasteiger charge is -2.25. The average Bonchev–Trinajstić information content (AvgIpc) is 2.62. The minimum atomic E-state index is -3.36. The predicted octanol–water partition coefficient (Wildman–Crippen LogP) is 4.60. The van der Waals surface area contributed by atoms with Crippen molar-refractivity contribution in [2.24, 2.45) is 0 Å². The molecule has 0 aromatic heterocycles. The maximum atomic E-state index is 12.9. The molecule has 7 nitrogen and oxygen atoms in total. The number of hydrogen-bond donors (Lipinski definition) is 0. The van der Waals surface area contributed by atoms with Gasteiger partial charge < -0.3 is 28.0 Å². The molecule has 162 valence electrons. The molecular formula is C20H35O7P. The van der Waals surface area contributed by atoms with Crippen LogP contribution < -0.4 is 0 Å². The largest absolute Gasteiger partial charge is 0.377 e. The zero-order valence-electron chi connectivity index (χ0n) is 17.7. The Labute approximate surface area is 169 Å². The lowest BCUT2D eigenvalue weighted by molar-refractivity contribution is -0.0819. The van der Waals surface area contributed by atoms with Crippen molar-refractivity contribution in [1.82, 2.24) is 0 Å². The van der Waals surface area contributed by atoms with Crippen molar-refractivity contribution >= 4 is 7.60 Å². The van der Waals surface area contributed by atoms with Gasteiger partial charge in [0.15, 0.2) is 0 Å². The van der Waals surface area contributed by atoms with E-state index in [1.54, 1.807) is 7.11 Å². The number of benzene rings is 1. The number of ether oxygens (including phenoxy) is 4. The summed E-state index contributed by atoms with van der Waals surface area (Å²) in [7, 11) is -1.81. The van der Waals surface area contributed by atoms with Gasteiger partial charge in [-0.2, -0.15) is 0 Å². The molecule has 1 atom stereocenters. The summed E-state index contributed by atoms with van der Waals surface area (Å²) in [5, 5.41) is 0. The van der Waals surface area contributed by atoms with Gasteiger partial charge in [-0.15, -0.1) is 0 Å². The summed E-state index contributed by atoms with van der Waals surface area (Å²) >= 11 is 0. The van der Waals surface area contributed by atoms with Crippen LogP contribution in [-0.4, -0.2) is 51.8 Å². The standard InChI is InChI=1S/C20H35O7P/c1-17(2)26-28(21,27-18(3)4)16-25-20(14-24-15-22-5)11-12-23-13-19-9-7-6-8-10-19/h6-10,17-18,20H,11-16H2,1-5H3. The van der Waals surface area contributed by atoms with Gasteiger partial charge in [0.1, 0.15) is 13.1 Å². The first-order valence-corrected chi connectivity index (χ1v) is 11.3. The molecule has 1 unspecified atom stereocenters. The summed E-state index contributed by atoms with van der Waals surface area (Å²) in [5.41, 5.74) is 1.11. The van der Waals surface area contributed by atoms with E-state index in [4.69, 9.17) is 28.0 Å². The van der Waals surface area contributed by atoms with Crippen molar-refractivity contribution in [3.05, 3.63) is 35.9 Å². The van der Waals surface area contributed by atoms with Gasteiger partial charge in [-0.25, -0.2) is 0 Å². The third-order valence-corrected chi connectivity index (χ3v) is 5.36. The number of hydrogen-bond acceptors (Lipinski definition) is 7. The quantitative estimate of drug-likeness (QED) is 0.221. The molecule has 0 aliphatic carbocycles. The van der Waals surface area contributed by atoms with Crippen LogP contribution in [0.4, 0.5) is 0 Å². The minimum Gasteiger partial charge on any atom is -0.377 e. The summed E-state index contributed by atoms with van der Waals surface area (Å²) < 4.78 is 45.8. The molecule has 28 heavy (non-hydrogen) atoms. The van der Waals surface area contributed by atoms with Gasteiger partial charge in [0.05, 0.1) is 31.5 Å². The van der Waals surface area contributed by atoms with Crippen molar-refractivity contribution in [2.75, 3.05) is 33.5 Å². The molecule has 0 N–H and O–H groups in total. The zero-order valence-corrected chi connectivity index (χ0v) is 18.6. The summed E-state index contributed by atoms with van der Waals surface area (Å²) in [6.07, 6.45) is -0.329. The molecule has 1 aromatic rings. The van der Waals surface area contributed by atoms with Crippen molar-refractivity contribution < 1.29 is 32.6 Å². The lowest BCUT2D eigenvalue weighted by Crippen LogP contribution is -2.24. The van der Waals surface area contributed by atoms with E-state index in [0.717, 1.165) is 5.56 Å². The molecule has 0 radical (unpaired) electrons. The Morgan fingerprint density at radius 3 is 2.18 bits per heavy atom. The van der Waals surface area contributed by atoms with Crippen LogP contribution in [-0.2, 0) is 39.2 Å². The molecule has 0 saturated carbocycles. The van der Waals surface area contributed by atoms with Gasteiger partial charge in [0, 0.05) is 13.7 Å². The van der Waals surface area contributed by atoms with Crippen LogP contribution in [0.5, 0.6) is 0 Å². The average molecular weight is 418 g/mol. The fourth-order valence-electron chi connectivity index (χ4n) is 2.38. The van der Waals surface area contributed by atoms with Gasteiger partial charge >= 0.3 is 7.60 Å². The zero-order chi connectivity index (χ0) is 20.8. The van der Waals surface area contributed by atoms with Gasteiger partial charge in [-0.05, 0) is 39.7 Å². The summed E-state index contributed by atoms with van der Waals surface area (Å²) in [4.78, 5) is 0. The van der Waals surface area contributed by atoms with Crippen LogP contribution in [0.2, 0.25) is 0 Å². The topological polar surface area (TPSA) is 72.5 Å². The van der Waals surface area contributed by atoms with E-state index in [2.05, 4.69) is 0 Å². The highest BCUT2D eigenvalue weighted by atomic mass is 31.2. The van der Waals surface area contributed by atoms with E-state index in [9.17, 15) is 4.57 Å². The first-order valence-electron chi connectivity index (χ1n) is 9.60. The number of rotatable bonds is 16. The molecule has 8 heteroatoms. The van der Waals surface area contributed by atoms with E-state index in [1.807, 2.05) is 58.0 Å². The minimum absolute atomic E-state index is 0.136. The van der Waals surface area contributed by atoms with E-state index in [1.165, 1.54) is 0 Å². The fourth-order valence-corrected chi connectivity index (χ4v) is 4.23. The van der Waals surface area contributed by atoms with Gasteiger partial charge in [-0.3, -0.25) is 4.57 Å². The maximum absolute atomic E-state index is 12.9. The second-order valence-corrected chi connectivity index (χ2v) is 8.84. The van der Waals surface area contributed by atoms with Crippen LogP contribution in [0.25, 0.3) is 0 Å². The van der Waals surface area contributed by atoms with Crippen molar-refractivity contribution in [2.45, 2.75) is 59.0 Å².